The summed E-state index contributed by atoms with van der Waals surface area (Å²) < 4.78 is 4.89. The first-order valence-corrected chi connectivity index (χ1v) is 10.1. The number of nitrogens with zero attached hydrogens (tertiary/aromatic N) is 5. The van der Waals surface area contributed by atoms with Gasteiger partial charge in [-0.2, -0.15) is 5.10 Å². The Balaban J connectivity index is 1.37. The molecule has 3 heterocycles. The fourth-order valence-electron chi connectivity index (χ4n) is 4.01. The standard InChI is InChI=1S/C21H26N6O3/c1-14-6-10-27(23-14)11-8-22-19(28)16-7-9-26(13-16)20(29)15-4-5-17-18(12-15)25(3)21(30)24(17)2/h4-6,10,12,16H,7-9,11,13H2,1-3H3,(H,22,28). The summed E-state index contributed by atoms with van der Waals surface area (Å²) in [5.41, 5.74) is 2.84. The largest absolute Gasteiger partial charge is 0.354 e. The number of rotatable bonds is 5. The summed E-state index contributed by atoms with van der Waals surface area (Å²) in [7, 11) is 3.41. The van der Waals surface area contributed by atoms with Crippen LogP contribution < -0.4 is 11.0 Å². The number of imidazole rings is 1. The Labute approximate surface area is 173 Å². The third kappa shape index (κ3) is 3.62. The molecule has 4 rings (SSSR count). The Kier molecular flexibility index (Phi) is 5.19. The third-order valence-electron chi connectivity index (χ3n) is 5.78. The van der Waals surface area contributed by atoms with E-state index in [2.05, 4.69) is 10.4 Å². The van der Waals surface area contributed by atoms with E-state index in [-0.39, 0.29) is 23.4 Å². The lowest BCUT2D eigenvalue weighted by Gasteiger charge is -2.17. The number of amides is 2. The molecule has 0 aliphatic carbocycles. The van der Waals surface area contributed by atoms with Crippen molar-refractivity contribution in [2.45, 2.75) is 19.9 Å². The first-order valence-electron chi connectivity index (χ1n) is 10.1. The normalized spacial score (nSPS) is 16.4. The summed E-state index contributed by atoms with van der Waals surface area (Å²) in [6, 6.07) is 7.20. The van der Waals surface area contributed by atoms with Crippen molar-refractivity contribution in [1.29, 1.82) is 0 Å². The monoisotopic (exact) mass is 410 g/mol. The molecule has 0 saturated carbocycles. The van der Waals surface area contributed by atoms with E-state index >= 15 is 0 Å². The fraction of sp³-hybridized carbons (Fsp3) is 0.429. The molecule has 158 valence electrons. The summed E-state index contributed by atoms with van der Waals surface area (Å²) >= 11 is 0. The molecule has 2 aromatic heterocycles. The number of carbonyl (C=O) groups is 2. The predicted octanol–water partition coefficient (Wildman–Crippen LogP) is 0.660. The SMILES string of the molecule is Cc1ccn(CCNC(=O)C2CCN(C(=O)c3ccc4c(c3)n(C)c(=O)n4C)C2)n1. The summed E-state index contributed by atoms with van der Waals surface area (Å²) in [5.74, 6) is -0.358. The Bertz CT molecular complexity index is 1170. The van der Waals surface area contributed by atoms with Gasteiger partial charge >= 0.3 is 5.69 Å². The highest BCUT2D eigenvalue weighted by Crippen LogP contribution is 2.21. The van der Waals surface area contributed by atoms with E-state index in [1.807, 2.05) is 19.2 Å². The van der Waals surface area contributed by atoms with Crippen molar-refractivity contribution in [1.82, 2.24) is 29.1 Å². The average Bonchev–Trinajstić information content (AvgIpc) is 3.44. The minimum Gasteiger partial charge on any atom is -0.354 e. The zero-order valence-corrected chi connectivity index (χ0v) is 17.5. The molecule has 1 fully saturated rings. The first kappa shape index (κ1) is 19.9. The number of hydrogen-bond acceptors (Lipinski definition) is 4. The molecule has 9 heteroatoms. The highest BCUT2D eigenvalue weighted by atomic mass is 16.2. The van der Waals surface area contributed by atoms with Gasteiger partial charge in [0.1, 0.15) is 0 Å². The van der Waals surface area contributed by atoms with E-state index in [9.17, 15) is 14.4 Å². The molecular formula is C21H26N6O3. The molecule has 0 radical (unpaired) electrons. The number of likely N-dealkylation sites (tertiary alicyclic amines) is 1. The lowest BCUT2D eigenvalue weighted by atomic mass is 10.1. The van der Waals surface area contributed by atoms with Crippen molar-refractivity contribution in [3.05, 3.63) is 52.2 Å². The third-order valence-corrected chi connectivity index (χ3v) is 5.78. The van der Waals surface area contributed by atoms with Crippen molar-refractivity contribution < 1.29 is 9.59 Å². The molecular weight excluding hydrogens is 384 g/mol. The van der Waals surface area contributed by atoms with Gasteiger partial charge in [0, 0.05) is 45.5 Å². The van der Waals surface area contributed by atoms with E-state index in [0.717, 1.165) is 16.7 Å². The number of nitrogens with one attached hydrogen (secondary N) is 1. The van der Waals surface area contributed by atoms with Gasteiger partial charge in [-0.1, -0.05) is 0 Å². The van der Waals surface area contributed by atoms with Crippen LogP contribution in [-0.4, -0.2) is 55.3 Å². The minimum atomic E-state index is -0.210. The maximum atomic E-state index is 13.0. The van der Waals surface area contributed by atoms with Crippen LogP contribution >= 0.6 is 0 Å². The molecule has 1 aliphatic rings. The Morgan fingerprint density at radius 3 is 2.67 bits per heavy atom. The molecule has 9 nitrogen and oxygen atoms in total. The summed E-state index contributed by atoms with van der Waals surface area (Å²) in [6.07, 6.45) is 2.53. The number of carbonyl (C=O) groups excluding carboxylic acids is 2. The van der Waals surface area contributed by atoms with Gasteiger partial charge in [0.2, 0.25) is 5.91 Å². The van der Waals surface area contributed by atoms with Crippen LogP contribution in [0.3, 0.4) is 0 Å². The van der Waals surface area contributed by atoms with Crippen molar-refractivity contribution in [2.75, 3.05) is 19.6 Å². The van der Waals surface area contributed by atoms with Gasteiger partial charge < -0.3 is 10.2 Å². The molecule has 3 aromatic rings. The lowest BCUT2D eigenvalue weighted by Crippen LogP contribution is -2.36. The number of hydrogen-bond donors (Lipinski definition) is 1. The Morgan fingerprint density at radius 2 is 1.93 bits per heavy atom. The number of fused-ring (bicyclic) bond motifs is 1. The van der Waals surface area contributed by atoms with Gasteiger partial charge in [-0.05, 0) is 37.6 Å². The van der Waals surface area contributed by atoms with Gasteiger partial charge in [0.25, 0.3) is 5.91 Å². The van der Waals surface area contributed by atoms with Crippen molar-refractivity contribution >= 4 is 22.8 Å². The van der Waals surface area contributed by atoms with Crippen LogP contribution in [0.1, 0.15) is 22.5 Å². The molecule has 1 saturated heterocycles. The predicted molar refractivity (Wildman–Crippen MR) is 112 cm³/mol. The second kappa shape index (κ2) is 7.81. The molecule has 0 bridgehead atoms. The average molecular weight is 410 g/mol. The molecule has 1 aromatic carbocycles. The van der Waals surface area contributed by atoms with E-state index in [1.54, 1.807) is 46.4 Å². The van der Waals surface area contributed by atoms with E-state index in [1.165, 1.54) is 4.57 Å². The molecule has 1 aliphatic heterocycles. The van der Waals surface area contributed by atoms with Crippen LogP contribution in [0.5, 0.6) is 0 Å². The molecule has 0 spiro atoms. The zero-order valence-electron chi connectivity index (χ0n) is 17.5. The molecule has 1 atom stereocenters. The van der Waals surface area contributed by atoms with Crippen molar-refractivity contribution in [3.8, 4) is 0 Å². The van der Waals surface area contributed by atoms with Gasteiger partial charge in [-0.3, -0.25) is 23.4 Å². The lowest BCUT2D eigenvalue weighted by molar-refractivity contribution is -0.124. The molecule has 2 amide bonds. The van der Waals surface area contributed by atoms with Crippen LogP contribution in [-0.2, 0) is 25.4 Å². The number of aryl methyl sites for hydroxylation is 3. The van der Waals surface area contributed by atoms with Crippen molar-refractivity contribution in [2.24, 2.45) is 20.0 Å². The Hall–Kier alpha value is -3.36. The highest BCUT2D eigenvalue weighted by Gasteiger charge is 2.31. The second-order valence-corrected chi connectivity index (χ2v) is 7.85. The first-order chi connectivity index (χ1) is 14.3. The van der Waals surface area contributed by atoms with E-state index in [0.29, 0.717) is 38.2 Å². The van der Waals surface area contributed by atoms with E-state index in [4.69, 9.17) is 0 Å². The van der Waals surface area contributed by atoms with Crippen LogP contribution in [0.25, 0.3) is 11.0 Å². The summed E-state index contributed by atoms with van der Waals surface area (Å²) in [6.45, 7) is 3.99. The van der Waals surface area contributed by atoms with Gasteiger partial charge in [-0.25, -0.2) is 4.79 Å². The molecule has 1 unspecified atom stereocenters. The fourth-order valence-corrected chi connectivity index (χ4v) is 4.01. The quantitative estimate of drug-likeness (QED) is 0.669. The van der Waals surface area contributed by atoms with Crippen LogP contribution in [0.2, 0.25) is 0 Å². The Morgan fingerprint density at radius 1 is 1.17 bits per heavy atom. The molecule has 30 heavy (non-hydrogen) atoms. The van der Waals surface area contributed by atoms with Gasteiger partial charge in [0.05, 0.1) is 29.2 Å². The minimum absolute atomic E-state index is 0.0323. The smallest absolute Gasteiger partial charge is 0.328 e. The summed E-state index contributed by atoms with van der Waals surface area (Å²) in [4.78, 5) is 39.3. The highest BCUT2D eigenvalue weighted by molar-refractivity contribution is 5.98. The van der Waals surface area contributed by atoms with Crippen LogP contribution in [0.4, 0.5) is 0 Å². The van der Waals surface area contributed by atoms with Crippen molar-refractivity contribution in [3.63, 3.8) is 0 Å². The second-order valence-electron chi connectivity index (χ2n) is 7.85. The van der Waals surface area contributed by atoms with Crippen LogP contribution in [0.15, 0.2) is 35.3 Å². The number of benzene rings is 1. The maximum Gasteiger partial charge on any atom is 0.328 e. The number of aromatic nitrogens is 4. The van der Waals surface area contributed by atoms with Gasteiger partial charge in [-0.15, -0.1) is 0 Å². The summed E-state index contributed by atoms with van der Waals surface area (Å²) in [5, 5.41) is 7.24. The maximum absolute atomic E-state index is 13.0. The van der Waals surface area contributed by atoms with E-state index < -0.39 is 0 Å². The topological polar surface area (TPSA) is 94.2 Å². The molecule has 1 N–H and O–H groups in total. The van der Waals surface area contributed by atoms with Crippen LogP contribution in [0, 0.1) is 12.8 Å². The van der Waals surface area contributed by atoms with Gasteiger partial charge in [0.15, 0.2) is 0 Å². The zero-order chi connectivity index (χ0) is 21.4.